The van der Waals surface area contributed by atoms with Gasteiger partial charge in [0.15, 0.2) is 0 Å². The first-order chi connectivity index (χ1) is 7.07. The first kappa shape index (κ1) is 11.8. The van der Waals surface area contributed by atoms with Crippen LogP contribution in [0.1, 0.15) is 38.9 Å². The van der Waals surface area contributed by atoms with Crippen molar-refractivity contribution >= 4 is 5.97 Å². The van der Waals surface area contributed by atoms with Gasteiger partial charge < -0.3 is 9.67 Å². The summed E-state index contributed by atoms with van der Waals surface area (Å²) in [6.07, 6.45) is 4.66. The van der Waals surface area contributed by atoms with Gasteiger partial charge in [0, 0.05) is 24.9 Å². The first-order valence-electron chi connectivity index (χ1n) is 5.31. The fraction of sp³-hybridized carbons (Fsp3) is 0.636. The van der Waals surface area contributed by atoms with Gasteiger partial charge in [0.1, 0.15) is 5.82 Å². The lowest BCUT2D eigenvalue weighted by molar-refractivity contribution is -0.141. The van der Waals surface area contributed by atoms with Crippen molar-refractivity contribution in [3.63, 3.8) is 0 Å². The van der Waals surface area contributed by atoms with E-state index in [9.17, 15) is 4.79 Å². The monoisotopic (exact) mass is 210 g/mol. The lowest BCUT2D eigenvalue weighted by atomic mass is 9.95. The second-order valence-corrected chi connectivity index (χ2v) is 3.89. The second kappa shape index (κ2) is 4.96. The van der Waals surface area contributed by atoms with Crippen molar-refractivity contribution in [3.05, 3.63) is 18.2 Å². The van der Waals surface area contributed by atoms with Crippen molar-refractivity contribution < 1.29 is 9.90 Å². The van der Waals surface area contributed by atoms with Crippen molar-refractivity contribution in [3.8, 4) is 0 Å². The van der Waals surface area contributed by atoms with E-state index in [-0.39, 0.29) is 5.92 Å². The molecule has 2 atom stereocenters. The molecule has 0 radical (unpaired) electrons. The lowest BCUT2D eigenvalue weighted by Crippen LogP contribution is -2.20. The molecule has 0 amide bonds. The van der Waals surface area contributed by atoms with Gasteiger partial charge in [-0.15, -0.1) is 0 Å². The number of hydrogen-bond donors (Lipinski definition) is 1. The molecular formula is C11H18N2O2. The molecule has 2 unspecified atom stereocenters. The summed E-state index contributed by atoms with van der Waals surface area (Å²) < 4.78 is 2.03. The number of aryl methyl sites for hydroxylation is 1. The zero-order valence-corrected chi connectivity index (χ0v) is 9.47. The van der Waals surface area contributed by atoms with E-state index < -0.39 is 11.9 Å². The summed E-state index contributed by atoms with van der Waals surface area (Å²) in [5, 5.41) is 8.93. The largest absolute Gasteiger partial charge is 0.481 e. The number of carboxylic acids is 1. The zero-order valence-electron chi connectivity index (χ0n) is 9.47. The van der Waals surface area contributed by atoms with Crippen LogP contribution in [0.15, 0.2) is 12.4 Å². The fourth-order valence-electron chi connectivity index (χ4n) is 1.59. The normalized spacial score (nSPS) is 14.9. The number of aliphatic carboxylic acids is 1. The van der Waals surface area contributed by atoms with Crippen LogP contribution in [0.4, 0.5) is 0 Å². The number of hydrogen-bond acceptors (Lipinski definition) is 2. The molecule has 0 saturated heterocycles. The SMILES string of the molecule is CCCn1ccnc1C(C)C(C)C(=O)O. The van der Waals surface area contributed by atoms with Crippen LogP contribution in [0.5, 0.6) is 0 Å². The number of imidazole rings is 1. The minimum Gasteiger partial charge on any atom is -0.481 e. The number of rotatable bonds is 5. The fourth-order valence-corrected chi connectivity index (χ4v) is 1.59. The maximum atomic E-state index is 10.9. The summed E-state index contributed by atoms with van der Waals surface area (Å²) in [4.78, 5) is 15.1. The molecule has 15 heavy (non-hydrogen) atoms. The lowest BCUT2D eigenvalue weighted by Gasteiger charge is -2.17. The Balaban J connectivity index is 2.85. The summed E-state index contributed by atoms with van der Waals surface area (Å²) in [7, 11) is 0. The minimum absolute atomic E-state index is 0.0518. The van der Waals surface area contributed by atoms with Gasteiger partial charge in [0.05, 0.1) is 5.92 Å². The Labute approximate surface area is 89.9 Å². The molecule has 1 heterocycles. The Bertz CT molecular complexity index is 333. The molecule has 0 spiro atoms. The van der Waals surface area contributed by atoms with E-state index >= 15 is 0 Å². The Morgan fingerprint density at radius 3 is 2.80 bits per heavy atom. The number of carboxylic acid groups (broad SMARTS) is 1. The molecule has 0 aromatic carbocycles. The molecule has 4 nitrogen and oxygen atoms in total. The van der Waals surface area contributed by atoms with E-state index in [1.54, 1.807) is 13.1 Å². The van der Waals surface area contributed by atoms with Gasteiger partial charge in [-0.25, -0.2) is 4.98 Å². The standard InChI is InChI=1S/C11H18N2O2/c1-4-6-13-7-5-12-10(13)8(2)9(3)11(14)15/h5,7-9H,4,6H2,1-3H3,(H,14,15). The Morgan fingerprint density at radius 1 is 1.60 bits per heavy atom. The molecule has 0 aliphatic carbocycles. The van der Waals surface area contributed by atoms with Gasteiger partial charge >= 0.3 is 5.97 Å². The highest BCUT2D eigenvalue weighted by molar-refractivity contribution is 5.70. The molecule has 0 saturated carbocycles. The predicted octanol–water partition coefficient (Wildman–Crippen LogP) is 2.12. The minimum atomic E-state index is -0.770. The molecule has 1 aromatic rings. The van der Waals surface area contributed by atoms with Crippen LogP contribution >= 0.6 is 0 Å². The van der Waals surface area contributed by atoms with Crippen molar-refractivity contribution in [1.82, 2.24) is 9.55 Å². The summed E-state index contributed by atoms with van der Waals surface area (Å²) >= 11 is 0. The number of nitrogens with zero attached hydrogens (tertiary/aromatic N) is 2. The van der Waals surface area contributed by atoms with Gasteiger partial charge in [0.25, 0.3) is 0 Å². The highest BCUT2D eigenvalue weighted by Crippen LogP contribution is 2.22. The zero-order chi connectivity index (χ0) is 11.4. The van der Waals surface area contributed by atoms with Crippen LogP contribution in [-0.2, 0) is 11.3 Å². The average Bonchev–Trinajstić information content (AvgIpc) is 2.64. The highest BCUT2D eigenvalue weighted by Gasteiger charge is 2.24. The van der Waals surface area contributed by atoms with Gasteiger partial charge in [0.2, 0.25) is 0 Å². The average molecular weight is 210 g/mol. The Hall–Kier alpha value is -1.32. The van der Waals surface area contributed by atoms with Crippen molar-refractivity contribution in [1.29, 1.82) is 0 Å². The molecule has 1 aromatic heterocycles. The van der Waals surface area contributed by atoms with Crippen LogP contribution in [0.3, 0.4) is 0 Å². The third-order valence-corrected chi connectivity index (χ3v) is 2.76. The van der Waals surface area contributed by atoms with Gasteiger partial charge in [-0.05, 0) is 6.42 Å². The summed E-state index contributed by atoms with van der Waals surface area (Å²) in [6, 6.07) is 0. The quantitative estimate of drug-likeness (QED) is 0.809. The number of aromatic nitrogens is 2. The van der Waals surface area contributed by atoms with Crippen LogP contribution in [-0.4, -0.2) is 20.6 Å². The van der Waals surface area contributed by atoms with Crippen molar-refractivity contribution in [2.24, 2.45) is 5.92 Å². The molecule has 0 aliphatic rings. The van der Waals surface area contributed by atoms with E-state index in [4.69, 9.17) is 5.11 Å². The van der Waals surface area contributed by atoms with Crippen LogP contribution in [0.25, 0.3) is 0 Å². The van der Waals surface area contributed by atoms with Gasteiger partial charge in [-0.3, -0.25) is 4.79 Å². The molecule has 0 fully saturated rings. The molecule has 0 aliphatic heterocycles. The predicted molar refractivity (Wildman–Crippen MR) is 57.7 cm³/mol. The summed E-state index contributed by atoms with van der Waals surface area (Å²) in [6.45, 7) is 6.62. The van der Waals surface area contributed by atoms with Crippen molar-refractivity contribution in [2.45, 2.75) is 39.7 Å². The molecular weight excluding hydrogens is 192 g/mol. The van der Waals surface area contributed by atoms with E-state index in [0.717, 1.165) is 18.8 Å². The van der Waals surface area contributed by atoms with Gasteiger partial charge in [-0.2, -0.15) is 0 Å². The second-order valence-electron chi connectivity index (χ2n) is 3.89. The molecule has 4 heteroatoms. The highest BCUT2D eigenvalue weighted by atomic mass is 16.4. The molecule has 0 bridgehead atoms. The van der Waals surface area contributed by atoms with E-state index in [0.29, 0.717) is 0 Å². The van der Waals surface area contributed by atoms with Gasteiger partial charge in [-0.1, -0.05) is 20.8 Å². The van der Waals surface area contributed by atoms with Crippen LogP contribution in [0.2, 0.25) is 0 Å². The Kier molecular flexibility index (Phi) is 3.88. The molecule has 1 rings (SSSR count). The van der Waals surface area contributed by atoms with E-state index in [1.165, 1.54) is 0 Å². The van der Waals surface area contributed by atoms with Crippen molar-refractivity contribution in [2.75, 3.05) is 0 Å². The maximum absolute atomic E-state index is 10.9. The van der Waals surface area contributed by atoms with E-state index in [2.05, 4.69) is 11.9 Å². The van der Waals surface area contributed by atoms with Crippen LogP contribution in [0, 0.1) is 5.92 Å². The maximum Gasteiger partial charge on any atom is 0.306 e. The smallest absolute Gasteiger partial charge is 0.306 e. The number of carbonyl (C=O) groups is 1. The van der Waals surface area contributed by atoms with E-state index in [1.807, 2.05) is 17.7 Å². The Morgan fingerprint density at radius 2 is 2.27 bits per heavy atom. The summed E-state index contributed by atoms with van der Waals surface area (Å²) in [5.74, 6) is -0.354. The topological polar surface area (TPSA) is 55.1 Å². The third-order valence-electron chi connectivity index (χ3n) is 2.76. The van der Waals surface area contributed by atoms with Crippen LogP contribution < -0.4 is 0 Å². The molecule has 84 valence electrons. The third kappa shape index (κ3) is 2.58. The first-order valence-corrected chi connectivity index (χ1v) is 5.31. The summed E-state index contributed by atoms with van der Waals surface area (Å²) in [5.41, 5.74) is 0. The molecule has 1 N–H and O–H groups in total.